The van der Waals surface area contributed by atoms with Crippen LogP contribution >= 0.6 is 0 Å². The Bertz CT molecular complexity index is 1480. The number of carboxylic acids is 1. The molecule has 12 nitrogen and oxygen atoms in total. The maximum absolute atomic E-state index is 11.6. The summed E-state index contributed by atoms with van der Waals surface area (Å²) in [5, 5.41) is 26.1. The fourth-order valence-corrected chi connectivity index (χ4v) is 4.77. The first kappa shape index (κ1) is 26.7. The minimum absolute atomic E-state index is 0.0788. The summed E-state index contributed by atoms with van der Waals surface area (Å²) >= 11 is 0. The minimum Gasteiger partial charge on any atom is -0.480 e. The molecule has 0 radical (unpaired) electrons. The molecule has 3 aromatic rings. The maximum atomic E-state index is 11.6. The largest absolute Gasteiger partial charge is 0.480 e. The Morgan fingerprint density at radius 2 is 2.10 bits per heavy atom. The molecule has 2 saturated heterocycles. The number of aliphatic carboxylic acids is 1. The van der Waals surface area contributed by atoms with E-state index in [1.54, 1.807) is 24.3 Å². The Labute approximate surface area is 231 Å². The lowest BCUT2D eigenvalue weighted by Crippen LogP contribution is -2.36. The number of pyridine rings is 1. The lowest BCUT2D eigenvalue weighted by molar-refractivity contribution is -0.138. The van der Waals surface area contributed by atoms with E-state index >= 15 is 0 Å². The normalized spacial score (nSPS) is 19.2. The summed E-state index contributed by atoms with van der Waals surface area (Å²) in [7, 11) is 0. The molecule has 0 unspecified atom stereocenters. The average Bonchev–Trinajstić information content (AvgIpc) is 3.68. The minimum atomic E-state index is -0.843. The summed E-state index contributed by atoms with van der Waals surface area (Å²) in [6.45, 7) is 2.12. The first-order valence-electron chi connectivity index (χ1n) is 13.0. The van der Waals surface area contributed by atoms with Crippen LogP contribution in [0.4, 0.5) is 11.8 Å². The van der Waals surface area contributed by atoms with Crippen molar-refractivity contribution in [3.8, 4) is 17.3 Å². The molecule has 204 valence electrons. The number of benzene rings is 1. The third-order valence-electron chi connectivity index (χ3n) is 6.77. The van der Waals surface area contributed by atoms with Gasteiger partial charge in [-0.3, -0.25) is 4.99 Å². The van der Waals surface area contributed by atoms with Crippen molar-refractivity contribution in [1.29, 1.82) is 5.26 Å². The number of aromatic nitrogens is 3. The second-order valence-corrected chi connectivity index (χ2v) is 9.52. The highest BCUT2D eigenvalue weighted by atomic mass is 16.5. The number of aliphatic imine (C=N–C) groups is 1. The molecule has 4 N–H and O–H groups in total. The smallest absolute Gasteiger partial charge is 0.326 e. The molecule has 2 fully saturated rings. The Morgan fingerprint density at radius 3 is 2.88 bits per heavy atom. The number of carbonyl (C=O) groups is 1. The highest BCUT2D eigenvalue weighted by Gasteiger charge is 2.31. The van der Waals surface area contributed by atoms with Crippen molar-refractivity contribution in [2.24, 2.45) is 15.9 Å². The number of hydrazone groups is 1. The number of hydrogen-bond acceptors (Lipinski definition) is 11. The molecule has 2 aromatic heterocycles. The van der Waals surface area contributed by atoms with Gasteiger partial charge in [0.25, 0.3) is 0 Å². The molecule has 12 heteroatoms. The second kappa shape index (κ2) is 12.3. The monoisotopic (exact) mass is 539 g/mol. The van der Waals surface area contributed by atoms with Gasteiger partial charge in [-0.1, -0.05) is 18.2 Å². The lowest BCUT2D eigenvalue weighted by atomic mass is 10.1. The van der Waals surface area contributed by atoms with Crippen LogP contribution in [-0.2, 0) is 16.1 Å². The topological polar surface area (TPSA) is 175 Å². The van der Waals surface area contributed by atoms with Crippen LogP contribution in [0.1, 0.15) is 36.2 Å². The van der Waals surface area contributed by atoms with Gasteiger partial charge in [0.2, 0.25) is 5.95 Å². The summed E-state index contributed by atoms with van der Waals surface area (Å²) in [4.78, 5) is 31.8. The average molecular weight is 540 g/mol. The molecule has 0 aliphatic carbocycles. The van der Waals surface area contributed by atoms with Gasteiger partial charge in [0.15, 0.2) is 0 Å². The molecule has 40 heavy (non-hydrogen) atoms. The zero-order valence-corrected chi connectivity index (χ0v) is 21.8. The lowest BCUT2D eigenvalue weighted by Gasteiger charge is -2.22. The Morgan fingerprint density at radius 1 is 1.23 bits per heavy atom. The Balaban J connectivity index is 1.38. The van der Waals surface area contributed by atoms with Crippen molar-refractivity contribution >= 4 is 29.7 Å². The van der Waals surface area contributed by atoms with Gasteiger partial charge in [-0.05, 0) is 49.6 Å². The predicted molar refractivity (Wildman–Crippen MR) is 150 cm³/mol. The Kier molecular flexibility index (Phi) is 8.22. The van der Waals surface area contributed by atoms with Gasteiger partial charge in [-0.15, -0.1) is 0 Å². The van der Waals surface area contributed by atoms with Crippen molar-refractivity contribution in [2.45, 2.75) is 37.9 Å². The molecule has 0 saturated carbocycles. The van der Waals surface area contributed by atoms with Crippen LogP contribution in [0, 0.1) is 11.3 Å². The van der Waals surface area contributed by atoms with Gasteiger partial charge < -0.3 is 25.9 Å². The van der Waals surface area contributed by atoms with Gasteiger partial charge in [-0.2, -0.15) is 10.4 Å². The molecule has 0 bridgehead atoms. The first-order chi connectivity index (χ1) is 19.5. The summed E-state index contributed by atoms with van der Waals surface area (Å²) < 4.78 is 5.47. The number of nitrogens with zero attached hydrogens (tertiary/aromatic N) is 7. The van der Waals surface area contributed by atoms with E-state index in [4.69, 9.17) is 10.6 Å². The molecule has 0 amide bonds. The van der Waals surface area contributed by atoms with E-state index in [-0.39, 0.29) is 12.6 Å². The molecule has 0 spiro atoms. The third-order valence-corrected chi connectivity index (χ3v) is 6.77. The quantitative estimate of drug-likeness (QED) is 0.208. The third kappa shape index (κ3) is 6.22. The van der Waals surface area contributed by atoms with Gasteiger partial charge in [0.1, 0.15) is 17.6 Å². The van der Waals surface area contributed by atoms with Crippen LogP contribution in [0.25, 0.3) is 11.3 Å². The fourth-order valence-electron chi connectivity index (χ4n) is 4.77. The molecule has 1 aromatic carbocycles. The number of nitriles is 1. The molecule has 2 aliphatic rings. The first-order valence-corrected chi connectivity index (χ1v) is 13.0. The van der Waals surface area contributed by atoms with Crippen molar-refractivity contribution in [2.75, 3.05) is 30.0 Å². The van der Waals surface area contributed by atoms with Gasteiger partial charge >= 0.3 is 5.97 Å². The van der Waals surface area contributed by atoms with E-state index in [1.165, 1.54) is 6.21 Å². The summed E-state index contributed by atoms with van der Waals surface area (Å²) in [5.41, 5.74) is 3.36. The number of anilines is 2. The molecular formula is C28H29N9O3. The summed E-state index contributed by atoms with van der Waals surface area (Å²) in [6, 6.07) is 16.1. The highest BCUT2D eigenvalue weighted by Crippen LogP contribution is 2.25. The van der Waals surface area contributed by atoms with E-state index in [1.807, 2.05) is 29.2 Å². The number of ether oxygens (including phenoxy) is 1. The SMILES string of the molecule is N#Cc1cccc(-c2cc(C(C=NCc3cccc(N4CCC[C@@H]4C(=O)O)n3)=NN)nc(N[C@@H]3CCOC3)n2)c1. The van der Waals surface area contributed by atoms with Crippen molar-refractivity contribution in [3.63, 3.8) is 0 Å². The fraction of sp³-hybridized carbons (Fsp3) is 0.321. The van der Waals surface area contributed by atoms with Gasteiger partial charge in [0, 0.05) is 18.7 Å². The van der Waals surface area contributed by atoms with Crippen LogP contribution in [0.2, 0.25) is 0 Å². The van der Waals surface area contributed by atoms with Crippen molar-refractivity contribution in [1.82, 2.24) is 15.0 Å². The summed E-state index contributed by atoms with van der Waals surface area (Å²) in [6.07, 6.45) is 3.78. The van der Waals surface area contributed by atoms with Crippen LogP contribution in [0.5, 0.6) is 0 Å². The van der Waals surface area contributed by atoms with E-state index in [0.717, 1.165) is 18.4 Å². The zero-order valence-electron chi connectivity index (χ0n) is 21.8. The second-order valence-electron chi connectivity index (χ2n) is 9.52. The van der Waals surface area contributed by atoms with Crippen molar-refractivity contribution in [3.05, 3.63) is 65.5 Å². The molecule has 2 atom stereocenters. The predicted octanol–water partition coefficient (Wildman–Crippen LogP) is 2.60. The van der Waals surface area contributed by atoms with E-state index in [2.05, 4.69) is 36.4 Å². The van der Waals surface area contributed by atoms with Gasteiger partial charge in [-0.25, -0.2) is 19.7 Å². The Hall–Kier alpha value is -4.89. The molecule has 2 aliphatic heterocycles. The van der Waals surface area contributed by atoms with E-state index in [9.17, 15) is 15.2 Å². The highest BCUT2D eigenvalue weighted by molar-refractivity contribution is 6.37. The zero-order chi connectivity index (χ0) is 27.9. The standard InChI is InChI=1S/C28H29N9O3/c29-14-18-4-1-5-19(12-18)22-13-23(35-28(34-22)33-21-9-11-40-17-21)24(36-30)16-31-15-20-6-2-8-26(32-20)37-10-3-7-25(37)27(38)39/h1-2,4-6,8,12-13,16,21,25H,3,7,9-11,15,17,30H2,(H,38,39)(H,33,34,35)/t21-,25-/m1/s1. The van der Waals surface area contributed by atoms with Crippen LogP contribution < -0.4 is 16.1 Å². The van der Waals surface area contributed by atoms with Crippen molar-refractivity contribution < 1.29 is 14.6 Å². The van der Waals surface area contributed by atoms with Crippen LogP contribution in [-0.4, -0.2) is 69.8 Å². The molecule has 4 heterocycles. The number of hydrogen-bond donors (Lipinski definition) is 3. The van der Waals surface area contributed by atoms with Gasteiger partial charge in [0.05, 0.1) is 54.1 Å². The number of rotatable bonds is 9. The summed E-state index contributed by atoms with van der Waals surface area (Å²) in [5.74, 6) is 5.93. The number of carboxylic acid groups (broad SMARTS) is 1. The number of nitrogens with two attached hydrogens (primary N) is 1. The van der Waals surface area contributed by atoms with E-state index < -0.39 is 12.0 Å². The van der Waals surface area contributed by atoms with Crippen LogP contribution in [0.15, 0.2) is 58.6 Å². The molecular weight excluding hydrogens is 510 g/mol. The number of nitrogens with one attached hydrogen (secondary N) is 1. The van der Waals surface area contributed by atoms with Crippen LogP contribution in [0.3, 0.4) is 0 Å². The molecule has 5 rings (SSSR count). The maximum Gasteiger partial charge on any atom is 0.326 e. The van der Waals surface area contributed by atoms with E-state index in [0.29, 0.717) is 66.3 Å².